The van der Waals surface area contributed by atoms with E-state index in [4.69, 9.17) is 0 Å². The number of piperazine rings is 1. The minimum absolute atomic E-state index is 0.0145. The molecule has 1 heterocycles. The van der Waals surface area contributed by atoms with Gasteiger partial charge < -0.3 is 10.2 Å². The van der Waals surface area contributed by atoms with Crippen molar-refractivity contribution in [3.8, 4) is 0 Å². The fourth-order valence-corrected chi connectivity index (χ4v) is 3.56. The molecule has 8 heteroatoms. The first kappa shape index (κ1) is 20.5. The first-order valence-corrected chi connectivity index (χ1v) is 9.47. The zero-order valence-electron chi connectivity index (χ0n) is 16.5. The predicted molar refractivity (Wildman–Crippen MR) is 109 cm³/mol. The van der Waals surface area contributed by atoms with Crippen LogP contribution >= 0.6 is 0 Å². The highest BCUT2D eigenvalue weighted by Crippen LogP contribution is 2.29. The lowest BCUT2D eigenvalue weighted by atomic mass is 10.0. The molecule has 152 valence electrons. The molecule has 1 saturated heterocycles. The lowest BCUT2D eigenvalue weighted by Crippen LogP contribution is -2.51. The standard InChI is InChI=1S/C21H24N4O4/c1-15-8-9-18(19(14-15)25(28)29)22-21(27)20(17-6-4-3-5-7-17)24-12-10-23(11-13-24)16(2)26/h3-9,14,20H,10-13H2,1-2H3,(H,22,27). The number of aryl methyl sites for hydroxylation is 1. The van der Waals surface area contributed by atoms with Gasteiger partial charge >= 0.3 is 0 Å². The van der Waals surface area contributed by atoms with Crippen LogP contribution in [0.5, 0.6) is 0 Å². The van der Waals surface area contributed by atoms with Crippen molar-refractivity contribution in [3.05, 3.63) is 69.8 Å². The summed E-state index contributed by atoms with van der Waals surface area (Å²) in [4.78, 5) is 39.5. The topological polar surface area (TPSA) is 95.8 Å². The maximum atomic E-state index is 13.2. The van der Waals surface area contributed by atoms with Gasteiger partial charge in [0.25, 0.3) is 5.69 Å². The quantitative estimate of drug-likeness (QED) is 0.619. The van der Waals surface area contributed by atoms with Crippen molar-refractivity contribution in [3.63, 3.8) is 0 Å². The highest BCUT2D eigenvalue weighted by atomic mass is 16.6. The van der Waals surface area contributed by atoms with E-state index in [9.17, 15) is 19.7 Å². The van der Waals surface area contributed by atoms with Crippen molar-refractivity contribution in [1.29, 1.82) is 0 Å². The molecule has 0 radical (unpaired) electrons. The van der Waals surface area contributed by atoms with Crippen LogP contribution in [0.3, 0.4) is 0 Å². The molecule has 1 fully saturated rings. The molecule has 0 saturated carbocycles. The number of nitrogens with zero attached hydrogens (tertiary/aromatic N) is 3. The Morgan fingerprint density at radius 1 is 1.07 bits per heavy atom. The summed E-state index contributed by atoms with van der Waals surface area (Å²) in [5.74, 6) is -0.319. The molecular weight excluding hydrogens is 372 g/mol. The molecule has 1 atom stereocenters. The third kappa shape index (κ3) is 4.78. The van der Waals surface area contributed by atoms with Crippen LogP contribution in [0.25, 0.3) is 0 Å². The van der Waals surface area contributed by atoms with Gasteiger partial charge in [-0.3, -0.25) is 24.6 Å². The third-order valence-electron chi connectivity index (χ3n) is 5.10. The van der Waals surface area contributed by atoms with Gasteiger partial charge in [-0.2, -0.15) is 0 Å². The van der Waals surface area contributed by atoms with Crippen LogP contribution in [0, 0.1) is 17.0 Å². The van der Waals surface area contributed by atoms with Crippen LogP contribution < -0.4 is 5.32 Å². The molecule has 8 nitrogen and oxygen atoms in total. The number of nitrogens with one attached hydrogen (secondary N) is 1. The van der Waals surface area contributed by atoms with E-state index in [2.05, 4.69) is 5.32 Å². The van der Waals surface area contributed by atoms with E-state index >= 15 is 0 Å². The predicted octanol–water partition coefficient (Wildman–Crippen LogP) is 2.75. The monoisotopic (exact) mass is 396 g/mol. The van der Waals surface area contributed by atoms with Gasteiger partial charge in [0.15, 0.2) is 0 Å². The molecule has 1 aliphatic heterocycles. The molecule has 29 heavy (non-hydrogen) atoms. The van der Waals surface area contributed by atoms with E-state index in [-0.39, 0.29) is 23.2 Å². The average molecular weight is 396 g/mol. The number of anilines is 1. The summed E-state index contributed by atoms with van der Waals surface area (Å²) in [5, 5.41) is 14.1. The fraction of sp³-hybridized carbons (Fsp3) is 0.333. The molecular formula is C21H24N4O4. The largest absolute Gasteiger partial charge is 0.340 e. The van der Waals surface area contributed by atoms with Gasteiger partial charge in [0.05, 0.1) is 4.92 Å². The molecule has 1 N–H and O–H groups in total. The molecule has 1 unspecified atom stereocenters. The number of hydrogen-bond acceptors (Lipinski definition) is 5. The second-order valence-corrected chi connectivity index (χ2v) is 7.12. The van der Waals surface area contributed by atoms with Gasteiger partial charge in [0.1, 0.15) is 11.7 Å². The van der Waals surface area contributed by atoms with Gasteiger partial charge in [-0.1, -0.05) is 36.4 Å². The maximum Gasteiger partial charge on any atom is 0.293 e. The van der Waals surface area contributed by atoms with Gasteiger partial charge in [0, 0.05) is 39.2 Å². The van der Waals surface area contributed by atoms with Crippen LogP contribution in [0.2, 0.25) is 0 Å². The number of rotatable bonds is 5. The smallest absolute Gasteiger partial charge is 0.293 e. The van der Waals surface area contributed by atoms with Crippen LogP contribution in [-0.2, 0) is 9.59 Å². The lowest BCUT2D eigenvalue weighted by Gasteiger charge is -2.38. The Balaban J connectivity index is 1.87. The number of carbonyl (C=O) groups excluding carboxylic acids is 2. The summed E-state index contributed by atoms with van der Waals surface area (Å²) in [6.45, 7) is 5.46. The van der Waals surface area contributed by atoms with E-state index in [1.165, 1.54) is 13.0 Å². The summed E-state index contributed by atoms with van der Waals surface area (Å²) in [6.07, 6.45) is 0. The number of benzene rings is 2. The Morgan fingerprint density at radius 3 is 2.31 bits per heavy atom. The summed E-state index contributed by atoms with van der Waals surface area (Å²) in [7, 11) is 0. The van der Waals surface area contributed by atoms with Crippen LogP contribution in [-0.4, -0.2) is 52.7 Å². The van der Waals surface area contributed by atoms with E-state index in [1.54, 1.807) is 24.0 Å². The van der Waals surface area contributed by atoms with Crippen molar-refractivity contribution in [2.24, 2.45) is 0 Å². The van der Waals surface area contributed by atoms with Gasteiger partial charge in [0.2, 0.25) is 11.8 Å². The minimum Gasteiger partial charge on any atom is -0.340 e. The Morgan fingerprint density at radius 2 is 1.72 bits per heavy atom. The first-order valence-electron chi connectivity index (χ1n) is 9.47. The highest BCUT2D eigenvalue weighted by Gasteiger charge is 2.32. The first-order chi connectivity index (χ1) is 13.9. The number of amides is 2. The van der Waals surface area contributed by atoms with E-state index in [0.29, 0.717) is 26.2 Å². The van der Waals surface area contributed by atoms with Crippen molar-refractivity contribution >= 4 is 23.2 Å². The zero-order valence-corrected chi connectivity index (χ0v) is 16.5. The van der Waals surface area contributed by atoms with Crippen LogP contribution in [0.4, 0.5) is 11.4 Å². The molecule has 0 bridgehead atoms. The fourth-order valence-electron chi connectivity index (χ4n) is 3.56. The number of nitro benzene ring substituents is 1. The second-order valence-electron chi connectivity index (χ2n) is 7.12. The normalized spacial score (nSPS) is 15.6. The molecule has 2 aromatic carbocycles. The molecule has 0 aliphatic carbocycles. The number of hydrogen-bond donors (Lipinski definition) is 1. The molecule has 2 aromatic rings. The Hall–Kier alpha value is -3.26. The average Bonchev–Trinajstić information content (AvgIpc) is 2.70. The molecule has 0 spiro atoms. The molecule has 2 amide bonds. The molecule has 3 rings (SSSR count). The Labute approximate surface area is 169 Å². The summed E-state index contributed by atoms with van der Waals surface area (Å²) < 4.78 is 0. The van der Waals surface area contributed by atoms with E-state index in [1.807, 2.05) is 35.2 Å². The molecule has 0 aromatic heterocycles. The number of nitro groups is 1. The van der Waals surface area contributed by atoms with Crippen molar-refractivity contribution in [1.82, 2.24) is 9.80 Å². The second kappa shape index (κ2) is 8.83. The van der Waals surface area contributed by atoms with Gasteiger partial charge in [-0.25, -0.2) is 0 Å². The SMILES string of the molecule is CC(=O)N1CCN(C(C(=O)Nc2ccc(C)cc2[N+](=O)[O-])c2ccccc2)CC1. The summed E-state index contributed by atoms with van der Waals surface area (Å²) in [5.41, 5.74) is 1.59. The number of carbonyl (C=O) groups is 2. The van der Waals surface area contributed by atoms with Gasteiger partial charge in [-0.05, 0) is 24.1 Å². The lowest BCUT2D eigenvalue weighted by molar-refractivity contribution is -0.384. The van der Waals surface area contributed by atoms with Crippen molar-refractivity contribution < 1.29 is 14.5 Å². The minimum atomic E-state index is -0.605. The van der Waals surface area contributed by atoms with Crippen LogP contribution in [0.1, 0.15) is 24.1 Å². The maximum absolute atomic E-state index is 13.2. The van der Waals surface area contributed by atoms with Crippen LogP contribution in [0.15, 0.2) is 48.5 Å². The van der Waals surface area contributed by atoms with E-state index < -0.39 is 11.0 Å². The summed E-state index contributed by atoms with van der Waals surface area (Å²) in [6, 6.07) is 13.4. The van der Waals surface area contributed by atoms with Crippen molar-refractivity contribution in [2.45, 2.75) is 19.9 Å². The summed E-state index contributed by atoms with van der Waals surface area (Å²) >= 11 is 0. The van der Waals surface area contributed by atoms with Crippen molar-refractivity contribution in [2.75, 3.05) is 31.5 Å². The van der Waals surface area contributed by atoms with Gasteiger partial charge in [-0.15, -0.1) is 0 Å². The Kier molecular flexibility index (Phi) is 6.23. The van der Waals surface area contributed by atoms with E-state index in [0.717, 1.165) is 11.1 Å². The molecule has 1 aliphatic rings. The highest BCUT2D eigenvalue weighted by molar-refractivity contribution is 5.97. The third-order valence-corrected chi connectivity index (χ3v) is 5.10. The Bertz CT molecular complexity index is 908. The zero-order chi connectivity index (χ0) is 21.0.